The van der Waals surface area contributed by atoms with Crippen molar-refractivity contribution in [1.29, 1.82) is 0 Å². The molecule has 17 heavy (non-hydrogen) atoms. The number of hydrogen-bond acceptors (Lipinski definition) is 3. The van der Waals surface area contributed by atoms with Crippen LogP contribution in [-0.2, 0) is 10.2 Å². The average Bonchev–Trinajstić information content (AvgIpc) is 3.06. The second-order valence-corrected chi connectivity index (χ2v) is 6.59. The molecule has 1 rings (SSSR count). The summed E-state index contributed by atoms with van der Waals surface area (Å²) in [6, 6.07) is 0.0659. The van der Waals surface area contributed by atoms with E-state index in [9.17, 15) is 8.42 Å². The van der Waals surface area contributed by atoms with Gasteiger partial charge >= 0.3 is 0 Å². The van der Waals surface area contributed by atoms with E-state index in [0.29, 0.717) is 12.5 Å². The first kappa shape index (κ1) is 14.9. The highest BCUT2D eigenvalue weighted by atomic mass is 32.2. The van der Waals surface area contributed by atoms with Crippen LogP contribution < -0.4 is 10.0 Å². The Morgan fingerprint density at radius 1 is 1.41 bits per heavy atom. The van der Waals surface area contributed by atoms with Crippen molar-refractivity contribution in [3.8, 4) is 0 Å². The molecule has 102 valence electrons. The third-order valence-electron chi connectivity index (χ3n) is 3.15. The van der Waals surface area contributed by atoms with Crippen molar-refractivity contribution < 1.29 is 8.42 Å². The zero-order valence-electron chi connectivity index (χ0n) is 11.1. The van der Waals surface area contributed by atoms with Gasteiger partial charge in [0.1, 0.15) is 0 Å². The normalized spacial score (nSPS) is 18.6. The van der Waals surface area contributed by atoms with E-state index in [1.54, 1.807) is 7.05 Å². The Hall–Kier alpha value is -0.170. The van der Waals surface area contributed by atoms with Crippen molar-refractivity contribution in [2.45, 2.75) is 39.2 Å². The van der Waals surface area contributed by atoms with Crippen LogP contribution in [0.5, 0.6) is 0 Å². The second-order valence-electron chi connectivity index (χ2n) is 4.78. The standard InChI is InChI=1S/C11H25N3O2S/c1-4-12-8-5-9-14(3)17(15,16)13-10(2)11-6-7-11/h10-13H,4-9H2,1-3H3. The fourth-order valence-corrected chi connectivity index (χ4v) is 2.95. The summed E-state index contributed by atoms with van der Waals surface area (Å²) >= 11 is 0. The van der Waals surface area contributed by atoms with Crippen LogP contribution >= 0.6 is 0 Å². The number of rotatable bonds is 9. The maximum absolute atomic E-state index is 11.9. The van der Waals surface area contributed by atoms with E-state index < -0.39 is 10.2 Å². The van der Waals surface area contributed by atoms with Gasteiger partial charge in [-0.05, 0) is 45.2 Å². The first-order valence-electron chi connectivity index (χ1n) is 6.41. The Kier molecular flexibility index (Phi) is 5.85. The average molecular weight is 263 g/mol. The van der Waals surface area contributed by atoms with Gasteiger partial charge < -0.3 is 5.32 Å². The van der Waals surface area contributed by atoms with Crippen LogP contribution in [0.25, 0.3) is 0 Å². The Balaban J connectivity index is 2.29. The Morgan fingerprint density at radius 3 is 2.59 bits per heavy atom. The largest absolute Gasteiger partial charge is 0.317 e. The van der Waals surface area contributed by atoms with Gasteiger partial charge in [0.05, 0.1) is 0 Å². The summed E-state index contributed by atoms with van der Waals surface area (Å²) < 4.78 is 28.0. The van der Waals surface area contributed by atoms with Gasteiger partial charge in [0.2, 0.25) is 0 Å². The fourth-order valence-electron chi connectivity index (χ4n) is 1.74. The molecule has 1 atom stereocenters. The zero-order chi connectivity index (χ0) is 12.9. The Bertz CT molecular complexity index is 315. The molecule has 2 N–H and O–H groups in total. The van der Waals surface area contributed by atoms with Gasteiger partial charge in [-0.25, -0.2) is 0 Å². The SMILES string of the molecule is CCNCCCN(C)S(=O)(=O)NC(C)C1CC1. The number of nitrogens with zero attached hydrogens (tertiary/aromatic N) is 1. The lowest BCUT2D eigenvalue weighted by Gasteiger charge is -2.21. The van der Waals surface area contributed by atoms with Gasteiger partial charge in [-0.2, -0.15) is 17.4 Å². The highest BCUT2D eigenvalue weighted by Gasteiger charge is 2.31. The van der Waals surface area contributed by atoms with Crippen LogP contribution in [0, 0.1) is 5.92 Å². The van der Waals surface area contributed by atoms with Crippen molar-refractivity contribution in [2.24, 2.45) is 5.92 Å². The summed E-state index contributed by atoms with van der Waals surface area (Å²) in [5, 5.41) is 3.18. The van der Waals surface area contributed by atoms with Crippen LogP contribution in [0.1, 0.15) is 33.1 Å². The molecule has 0 saturated heterocycles. The fraction of sp³-hybridized carbons (Fsp3) is 1.00. The topological polar surface area (TPSA) is 61.4 Å². The van der Waals surface area contributed by atoms with Gasteiger partial charge in [-0.1, -0.05) is 6.92 Å². The van der Waals surface area contributed by atoms with E-state index in [-0.39, 0.29) is 6.04 Å². The molecule has 1 fully saturated rings. The lowest BCUT2D eigenvalue weighted by molar-refractivity contribution is 0.433. The van der Waals surface area contributed by atoms with Gasteiger partial charge in [0.25, 0.3) is 10.2 Å². The van der Waals surface area contributed by atoms with E-state index in [4.69, 9.17) is 0 Å². The predicted octanol–water partition coefficient (Wildman–Crippen LogP) is 0.551. The number of hydrogen-bond donors (Lipinski definition) is 2. The van der Waals surface area contributed by atoms with E-state index in [1.807, 2.05) is 13.8 Å². The van der Waals surface area contributed by atoms with Crippen LogP contribution in [0.2, 0.25) is 0 Å². The first-order valence-corrected chi connectivity index (χ1v) is 7.85. The highest BCUT2D eigenvalue weighted by Crippen LogP contribution is 2.32. The van der Waals surface area contributed by atoms with E-state index >= 15 is 0 Å². The van der Waals surface area contributed by atoms with Crippen molar-refractivity contribution in [3.05, 3.63) is 0 Å². The van der Waals surface area contributed by atoms with Gasteiger partial charge in [0.15, 0.2) is 0 Å². The van der Waals surface area contributed by atoms with Crippen molar-refractivity contribution in [1.82, 2.24) is 14.3 Å². The molecule has 1 unspecified atom stereocenters. The molecule has 0 heterocycles. The first-order chi connectivity index (χ1) is 7.97. The summed E-state index contributed by atoms with van der Waals surface area (Å²) in [4.78, 5) is 0. The quantitative estimate of drug-likeness (QED) is 0.597. The number of nitrogens with one attached hydrogen (secondary N) is 2. The van der Waals surface area contributed by atoms with Crippen molar-refractivity contribution >= 4 is 10.2 Å². The maximum atomic E-state index is 11.9. The summed E-state index contributed by atoms with van der Waals surface area (Å²) in [5.41, 5.74) is 0. The molecule has 1 saturated carbocycles. The molecule has 0 amide bonds. The minimum absolute atomic E-state index is 0.0659. The maximum Gasteiger partial charge on any atom is 0.279 e. The van der Waals surface area contributed by atoms with Gasteiger partial charge in [-0.15, -0.1) is 0 Å². The molecule has 0 bridgehead atoms. The van der Waals surface area contributed by atoms with Gasteiger partial charge in [0, 0.05) is 19.6 Å². The van der Waals surface area contributed by atoms with Crippen LogP contribution in [0.15, 0.2) is 0 Å². The third-order valence-corrected chi connectivity index (χ3v) is 4.82. The van der Waals surface area contributed by atoms with Crippen molar-refractivity contribution in [2.75, 3.05) is 26.7 Å². The molecular weight excluding hydrogens is 238 g/mol. The highest BCUT2D eigenvalue weighted by molar-refractivity contribution is 7.87. The minimum Gasteiger partial charge on any atom is -0.317 e. The zero-order valence-corrected chi connectivity index (χ0v) is 11.9. The predicted molar refractivity (Wildman–Crippen MR) is 70.0 cm³/mol. The molecule has 0 spiro atoms. The van der Waals surface area contributed by atoms with Crippen LogP contribution in [0.4, 0.5) is 0 Å². The monoisotopic (exact) mass is 263 g/mol. The second kappa shape index (κ2) is 6.68. The minimum atomic E-state index is -3.30. The Morgan fingerprint density at radius 2 is 2.06 bits per heavy atom. The lowest BCUT2D eigenvalue weighted by atomic mass is 10.2. The van der Waals surface area contributed by atoms with Crippen molar-refractivity contribution in [3.63, 3.8) is 0 Å². The van der Waals surface area contributed by atoms with Crippen LogP contribution in [0.3, 0.4) is 0 Å². The van der Waals surface area contributed by atoms with E-state index in [2.05, 4.69) is 10.0 Å². The molecule has 0 aliphatic heterocycles. The van der Waals surface area contributed by atoms with Gasteiger partial charge in [-0.3, -0.25) is 0 Å². The molecule has 0 aromatic rings. The molecule has 0 radical (unpaired) electrons. The third kappa shape index (κ3) is 5.33. The lowest BCUT2D eigenvalue weighted by Crippen LogP contribution is -2.44. The smallest absolute Gasteiger partial charge is 0.279 e. The summed E-state index contributed by atoms with van der Waals surface area (Å²) in [6.07, 6.45) is 3.13. The summed E-state index contributed by atoms with van der Waals surface area (Å²) in [5.74, 6) is 0.542. The molecule has 6 heteroatoms. The van der Waals surface area contributed by atoms with E-state index in [0.717, 1.165) is 32.4 Å². The van der Waals surface area contributed by atoms with E-state index in [1.165, 1.54) is 4.31 Å². The molecule has 5 nitrogen and oxygen atoms in total. The summed E-state index contributed by atoms with van der Waals surface area (Å²) in [7, 11) is -1.66. The molecule has 1 aliphatic carbocycles. The molecule has 0 aromatic carbocycles. The summed E-state index contributed by atoms with van der Waals surface area (Å²) in [6.45, 7) is 6.32. The molecule has 1 aliphatic rings. The molecular formula is C11H25N3O2S. The molecule has 0 aromatic heterocycles. The Labute approximate surface area is 105 Å². The van der Waals surface area contributed by atoms with Crippen LogP contribution in [-0.4, -0.2) is 45.4 Å².